The maximum atomic E-state index is 5.53. The minimum absolute atomic E-state index is 0. The van der Waals surface area contributed by atoms with Gasteiger partial charge in [0.25, 0.3) is 0 Å². The maximum absolute atomic E-state index is 5.53. The highest BCUT2D eigenvalue weighted by Gasteiger charge is 2.30. The number of anilines is 1. The van der Waals surface area contributed by atoms with Crippen molar-refractivity contribution in [2.24, 2.45) is 4.99 Å². The van der Waals surface area contributed by atoms with E-state index < -0.39 is 0 Å². The highest BCUT2D eigenvalue weighted by molar-refractivity contribution is 14.0. The molecule has 0 spiro atoms. The molecule has 6 nitrogen and oxygen atoms in total. The van der Waals surface area contributed by atoms with Gasteiger partial charge in [-0.25, -0.2) is 0 Å². The molecule has 1 aliphatic heterocycles. The van der Waals surface area contributed by atoms with Gasteiger partial charge < -0.3 is 20.3 Å². The molecule has 1 saturated heterocycles. The topological polar surface area (TPSA) is 52.1 Å². The first-order valence-electron chi connectivity index (χ1n) is 10.8. The predicted octanol–water partition coefficient (Wildman–Crippen LogP) is 3.32. The van der Waals surface area contributed by atoms with Gasteiger partial charge in [0.2, 0.25) is 0 Å². The summed E-state index contributed by atoms with van der Waals surface area (Å²) < 4.78 is 5.53. The minimum Gasteiger partial charge on any atom is -0.495 e. The molecule has 0 aromatic heterocycles. The van der Waals surface area contributed by atoms with Crippen molar-refractivity contribution in [3.8, 4) is 5.75 Å². The first kappa shape index (κ1) is 24.1. The Morgan fingerprint density at radius 1 is 1.28 bits per heavy atom. The number of halogens is 1. The average Bonchev–Trinajstić information content (AvgIpc) is 3.42. The third kappa shape index (κ3) is 6.91. The van der Waals surface area contributed by atoms with Crippen LogP contribution in [0.1, 0.15) is 40.0 Å². The van der Waals surface area contributed by atoms with E-state index in [1.165, 1.54) is 18.5 Å². The van der Waals surface area contributed by atoms with Gasteiger partial charge in [0.1, 0.15) is 5.75 Å². The van der Waals surface area contributed by atoms with Gasteiger partial charge in [0, 0.05) is 44.3 Å². The van der Waals surface area contributed by atoms with Gasteiger partial charge in [0.05, 0.1) is 19.3 Å². The lowest BCUT2D eigenvalue weighted by Gasteiger charge is -2.25. The molecule has 2 N–H and O–H groups in total. The number of methoxy groups -OCH3 is 1. The summed E-state index contributed by atoms with van der Waals surface area (Å²) in [6.07, 6.45) is 3.80. The summed E-state index contributed by atoms with van der Waals surface area (Å²) in [6.45, 7) is 11.4. The molecule has 1 saturated carbocycles. The van der Waals surface area contributed by atoms with Crippen molar-refractivity contribution in [1.82, 2.24) is 15.5 Å². The van der Waals surface area contributed by atoms with E-state index >= 15 is 0 Å². The Morgan fingerprint density at radius 3 is 2.69 bits per heavy atom. The summed E-state index contributed by atoms with van der Waals surface area (Å²) in [5, 5.41) is 7.05. The van der Waals surface area contributed by atoms with Crippen LogP contribution in [0.25, 0.3) is 0 Å². The summed E-state index contributed by atoms with van der Waals surface area (Å²) in [5.41, 5.74) is 1.17. The van der Waals surface area contributed by atoms with Crippen LogP contribution in [0.3, 0.4) is 0 Å². The van der Waals surface area contributed by atoms with Crippen LogP contribution in [0, 0.1) is 0 Å². The Morgan fingerprint density at radius 2 is 2.03 bits per heavy atom. The highest BCUT2D eigenvalue weighted by atomic mass is 127. The van der Waals surface area contributed by atoms with E-state index in [9.17, 15) is 0 Å². The zero-order valence-corrected chi connectivity index (χ0v) is 20.7. The van der Waals surface area contributed by atoms with Gasteiger partial charge in [-0.1, -0.05) is 12.1 Å². The fourth-order valence-corrected chi connectivity index (χ4v) is 4.05. The SMILES string of the molecule is CCNC(=NCCN(C(C)C)C1CC1)NC1CCN(c2ccccc2OC)C1.I. The van der Waals surface area contributed by atoms with Crippen molar-refractivity contribution in [3.05, 3.63) is 24.3 Å². The third-order valence-electron chi connectivity index (χ3n) is 5.61. The second-order valence-electron chi connectivity index (χ2n) is 8.07. The maximum Gasteiger partial charge on any atom is 0.191 e. The van der Waals surface area contributed by atoms with Crippen molar-refractivity contribution in [2.75, 3.05) is 44.7 Å². The quantitative estimate of drug-likeness (QED) is 0.300. The molecule has 0 radical (unpaired) electrons. The Bertz CT molecular complexity index is 648. The van der Waals surface area contributed by atoms with Crippen molar-refractivity contribution in [3.63, 3.8) is 0 Å². The zero-order valence-electron chi connectivity index (χ0n) is 18.4. The standard InChI is InChI=1S/C22H37N5O.HI/c1-5-23-22(24-13-15-27(17(2)3)19-10-11-19)25-18-12-14-26(16-18)20-8-6-7-9-21(20)28-4;/h6-9,17-19H,5,10-16H2,1-4H3,(H2,23,24,25);1H. The van der Waals surface area contributed by atoms with Crippen molar-refractivity contribution >= 4 is 35.6 Å². The van der Waals surface area contributed by atoms with E-state index in [1.807, 2.05) is 12.1 Å². The summed E-state index contributed by atoms with van der Waals surface area (Å²) >= 11 is 0. The fraction of sp³-hybridized carbons (Fsp3) is 0.682. The number of nitrogens with one attached hydrogen (secondary N) is 2. The van der Waals surface area contributed by atoms with Gasteiger partial charge >= 0.3 is 0 Å². The number of guanidine groups is 1. The second-order valence-corrected chi connectivity index (χ2v) is 8.07. The van der Waals surface area contributed by atoms with E-state index in [2.05, 4.69) is 53.3 Å². The van der Waals surface area contributed by atoms with E-state index in [0.717, 1.165) is 56.9 Å². The molecule has 164 valence electrons. The monoisotopic (exact) mass is 515 g/mol. The number of rotatable bonds is 9. The first-order valence-corrected chi connectivity index (χ1v) is 10.8. The lowest BCUT2D eigenvalue weighted by Crippen LogP contribution is -2.45. The Kier molecular flexibility index (Phi) is 9.82. The molecule has 1 aromatic carbocycles. The van der Waals surface area contributed by atoms with Crippen molar-refractivity contribution in [1.29, 1.82) is 0 Å². The molecule has 0 amide bonds. The van der Waals surface area contributed by atoms with Gasteiger partial charge in [-0.05, 0) is 52.2 Å². The average molecular weight is 515 g/mol. The van der Waals surface area contributed by atoms with Gasteiger partial charge in [-0.3, -0.25) is 9.89 Å². The van der Waals surface area contributed by atoms with Gasteiger partial charge in [-0.2, -0.15) is 0 Å². The fourth-order valence-electron chi connectivity index (χ4n) is 4.05. The van der Waals surface area contributed by atoms with E-state index in [4.69, 9.17) is 9.73 Å². The van der Waals surface area contributed by atoms with Gasteiger partial charge in [-0.15, -0.1) is 24.0 Å². The first-order chi connectivity index (χ1) is 13.6. The Hall–Kier alpha value is -1.22. The number of hydrogen-bond donors (Lipinski definition) is 2. The Balaban J connectivity index is 0.00000300. The third-order valence-corrected chi connectivity index (χ3v) is 5.61. The molecule has 1 heterocycles. The molecular weight excluding hydrogens is 477 g/mol. The lowest BCUT2D eigenvalue weighted by atomic mass is 10.2. The molecule has 3 rings (SSSR count). The van der Waals surface area contributed by atoms with Crippen LogP contribution in [0.5, 0.6) is 5.75 Å². The molecule has 0 bridgehead atoms. The molecule has 7 heteroatoms. The van der Waals surface area contributed by atoms with Gasteiger partial charge in [0.15, 0.2) is 5.96 Å². The van der Waals surface area contributed by atoms with Crippen LogP contribution in [-0.2, 0) is 0 Å². The zero-order chi connectivity index (χ0) is 19.9. The van der Waals surface area contributed by atoms with E-state index in [0.29, 0.717) is 12.1 Å². The lowest BCUT2D eigenvalue weighted by molar-refractivity contribution is 0.218. The van der Waals surface area contributed by atoms with Crippen LogP contribution in [0.4, 0.5) is 5.69 Å². The molecule has 1 atom stereocenters. The summed E-state index contributed by atoms with van der Waals surface area (Å²) in [6, 6.07) is 10.0. The molecule has 29 heavy (non-hydrogen) atoms. The summed E-state index contributed by atoms with van der Waals surface area (Å²) in [5.74, 6) is 1.88. The van der Waals surface area contributed by atoms with Crippen molar-refractivity contribution < 1.29 is 4.74 Å². The van der Waals surface area contributed by atoms with Crippen LogP contribution in [0.2, 0.25) is 0 Å². The minimum atomic E-state index is 0. The number of para-hydroxylation sites is 2. The largest absolute Gasteiger partial charge is 0.495 e. The van der Waals surface area contributed by atoms with E-state index in [1.54, 1.807) is 7.11 Å². The Labute approximate surface area is 193 Å². The normalized spacial score (nSPS) is 19.4. The van der Waals surface area contributed by atoms with Crippen LogP contribution >= 0.6 is 24.0 Å². The van der Waals surface area contributed by atoms with Crippen molar-refractivity contribution in [2.45, 2.75) is 58.2 Å². The molecule has 1 aliphatic carbocycles. The molecule has 2 fully saturated rings. The van der Waals surface area contributed by atoms with Crippen LogP contribution in [0.15, 0.2) is 29.3 Å². The molecule has 1 aromatic rings. The molecule has 1 unspecified atom stereocenters. The summed E-state index contributed by atoms with van der Waals surface area (Å²) in [7, 11) is 1.74. The number of nitrogens with zero attached hydrogens (tertiary/aromatic N) is 3. The van der Waals surface area contributed by atoms with E-state index in [-0.39, 0.29) is 24.0 Å². The highest BCUT2D eigenvalue weighted by Crippen LogP contribution is 2.30. The second kappa shape index (κ2) is 11.8. The van der Waals surface area contributed by atoms with Crippen LogP contribution < -0.4 is 20.3 Å². The smallest absolute Gasteiger partial charge is 0.191 e. The predicted molar refractivity (Wildman–Crippen MR) is 133 cm³/mol. The number of ether oxygens (including phenoxy) is 1. The summed E-state index contributed by atoms with van der Waals surface area (Å²) in [4.78, 5) is 9.84. The van der Waals surface area contributed by atoms with Crippen LogP contribution in [-0.4, -0.2) is 68.8 Å². The number of benzene rings is 1. The molecule has 2 aliphatic rings. The number of aliphatic imine (C=N–C) groups is 1. The molecular formula is C22H38IN5O. The number of hydrogen-bond acceptors (Lipinski definition) is 4.